The van der Waals surface area contributed by atoms with Crippen LogP contribution in [0, 0.1) is 13.8 Å². The van der Waals surface area contributed by atoms with Gasteiger partial charge in [-0.3, -0.25) is 0 Å². The molecule has 0 saturated heterocycles. The van der Waals surface area contributed by atoms with E-state index in [0.717, 1.165) is 23.2 Å². The van der Waals surface area contributed by atoms with Crippen LogP contribution in [-0.2, 0) is 6.42 Å². The molecule has 0 unspecified atom stereocenters. The second-order valence-corrected chi connectivity index (χ2v) is 10.2. The second-order valence-electron chi connectivity index (χ2n) is 10.2. The molecule has 1 nitrogen and oxygen atoms in total. The van der Waals surface area contributed by atoms with E-state index in [2.05, 4.69) is 98.8 Å². The molecule has 7 aromatic rings. The molecule has 0 fully saturated rings. The highest BCUT2D eigenvalue weighted by atomic mass is 16.3. The van der Waals surface area contributed by atoms with Gasteiger partial charge in [-0.1, -0.05) is 78.9 Å². The fraction of sp³-hybridized carbons (Fsp3) is 0.0857. The lowest BCUT2D eigenvalue weighted by atomic mass is 9.84. The lowest BCUT2D eigenvalue weighted by Gasteiger charge is -2.19. The second kappa shape index (κ2) is 7.08. The lowest BCUT2D eigenvalue weighted by molar-refractivity contribution is 0.632. The number of rotatable bonds is 2. The quantitative estimate of drug-likeness (QED) is 0.234. The normalized spacial score (nSPS) is 13.3. The summed E-state index contributed by atoms with van der Waals surface area (Å²) >= 11 is 0. The predicted octanol–water partition coefficient (Wildman–Crippen LogP) is 9.71. The maximum absolute atomic E-state index is 6.35. The lowest BCUT2D eigenvalue weighted by Crippen LogP contribution is -1.95. The van der Waals surface area contributed by atoms with E-state index in [-0.39, 0.29) is 0 Å². The highest BCUT2D eigenvalue weighted by molar-refractivity contribution is 6.28. The molecule has 0 amide bonds. The van der Waals surface area contributed by atoms with Gasteiger partial charge in [0.05, 0.1) is 0 Å². The van der Waals surface area contributed by atoms with E-state index < -0.39 is 0 Å². The third-order valence-corrected chi connectivity index (χ3v) is 8.12. The van der Waals surface area contributed by atoms with Crippen molar-refractivity contribution in [3.63, 3.8) is 0 Å². The molecule has 1 aromatic heterocycles. The van der Waals surface area contributed by atoms with Gasteiger partial charge in [-0.2, -0.15) is 0 Å². The summed E-state index contributed by atoms with van der Waals surface area (Å²) in [6.45, 7) is 4.48. The summed E-state index contributed by atoms with van der Waals surface area (Å²) in [5.74, 6) is 0.933. The standard InChI is InChI=1S/C35H24O/c1-20-15-30(25-17-22-7-3-4-8-23(22)18-25)28-13-11-27-21(2)16-31(29-14-12-26(20)34(28)35(27)29)33-19-24-9-5-6-10-32(24)36-33/h3-17,19H,18H2,1-2H3. The molecule has 1 aliphatic rings. The SMILES string of the molecule is Cc1cc(C2=Cc3ccccc3C2)c2ccc3c(C)cc(-c4cc5ccccc5o4)c4ccc1c2c34. The van der Waals surface area contributed by atoms with E-state index in [1.165, 1.54) is 71.3 Å². The van der Waals surface area contributed by atoms with Gasteiger partial charge in [-0.05, 0) is 104 Å². The summed E-state index contributed by atoms with van der Waals surface area (Å²) in [5.41, 5.74) is 10.2. The Morgan fingerprint density at radius 2 is 1.25 bits per heavy atom. The minimum atomic E-state index is 0.932. The van der Waals surface area contributed by atoms with Crippen LogP contribution in [0.5, 0.6) is 0 Å². The number of hydrogen-bond donors (Lipinski definition) is 0. The van der Waals surface area contributed by atoms with Gasteiger partial charge < -0.3 is 4.42 Å². The van der Waals surface area contributed by atoms with Crippen LogP contribution in [0.4, 0.5) is 0 Å². The molecule has 8 rings (SSSR count). The zero-order chi connectivity index (χ0) is 24.0. The summed E-state index contributed by atoms with van der Waals surface area (Å²) in [6.07, 6.45) is 3.37. The summed E-state index contributed by atoms with van der Waals surface area (Å²) in [4.78, 5) is 0. The Morgan fingerprint density at radius 1 is 0.611 bits per heavy atom. The maximum Gasteiger partial charge on any atom is 0.136 e. The average molecular weight is 461 g/mol. The van der Waals surface area contributed by atoms with Gasteiger partial charge in [0.25, 0.3) is 0 Å². The Kier molecular flexibility index (Phi) is 3.92. The fourth-order valence-corrected chi connectivity index (χ4v) is 6.38. The molecule has 170 valence electrons. The van der Waals surface area contributed by atoms with E-state index in [4.69, 9.17) is 4.42 Å². The molecule has 6 aromatic carbocycles. The number of para-hydroxylation sites is 1. The summed E-state index contributed by atoms with van der Waals surface area (Å²) in [5, 5.41) is 9.12. The Hall–Kier alpha value is -4.36. The molecule has 1 heterocycles. The molecule has 1 heteroatoms. The molecular formula is C35H24O. The van der Waals surface area contributed by atoms with Crippen LogP contribution >= 0.6 is 0 Å². The van der Waals surface area contributed by atoms with Crippen molar-refractivity contribution in [2.45, 2.75) is 20.3 Å². The first-order valence-corrected chi connectivity index (χ1v) is 12.7. The molecule has 1 aliphatic carbocycles. The van der Waals surface area contributed by atoms with Crippen LogP contribution in [-0.4, -0.2) is 0 Å². The van der Waals surface area contributed by atoms with E-state index >= 15 is 0 Å². The zero-order valence-electron chi connectivity index (χ0n) is 20.4. The predicted molar refractivity (Wildman–Crippen MR) is 153 cm³/mol. The van der Waals surface area contributed by atoms with Gasteiger partial charge in [0.2, 0.25) is 0 Å². The number of aryl methyl sites for hydroxylation is 2. The van der Waals surface area contributed by atoms with E-state index in [1.807, 2.05) is 12.1 Å². The van der Waals surface area contributed by atoms with Gasteiger partial charge in [0.1, 0.15) is 11.3 Å². The van der Waals surface area contributed by atoms with Crippen molar-refractivity contribution >= 4 is 54.9 Å². The van der Waals surface area contributed by atoms with E-state index in [9.17, 15) is 0 Å². The van der Waals surface area contributed by atoms with E-state index in [1.54, 1.807) is 0 Å². The Bertz CT molecular complexity index is 2000. The monoisotopic (exact) mass is 460 g/mol. The maximum atomic E-state index is 6.35. The molecule has 0 N–H and O–H groups in total. The number of benzene rings is 6. The highest BCUT2D eigenvalue weighted by Crippen LogP contribution is 2.45. The van der Waals surface area contributed by atoms with Crippen LogP contribution in [0.15, 0.2) is 95.4 Å². The van der Waals surface area contributed by atoms with Crippen LogP contribution in [0.25, 0.3) is 66.3 Å². The highest BCUT2D eigenvalue weighted by Gasteiger charge is 2.21. The Balaban J connectivity index is 1.46. The van der Waals surface area contributed by atoms with Gasteiger partial charge in [0.15, 0.2) is 0 Å². The van der Waals surface area contributed by atoms with Crippen LogP contribution < -0.4 is 0 Å². The molecule has 0 saturated carbocycles. The largest absolute Gasteiger partial charge is 0.456 e. The average Bonchev–Trinajstić information content (AvgIpc) is 3.53. The topological polar surface area (TPSA) is 13.1 Å². The number of furan rings is 1. The van der Waals surface area contributed by atoms with Crippen LogP contribution in [0.1, 0.15) is 27.8 Å². The third-order valence-electron chi connectivity index (χ3n) is 8.12. The van der Waals surface area contributed by atoms with Crippen molar-refractivity contribution in [1.29, 1.82) is 0 Å². The van der Waals surface area contributed by atoms with Crippen LogP contribution in [0.2, 0.25) is 0 Å². The van der Waals surface area contributed by atoms with Gasteiger partial charge in [-0.25, -0.2) is 0 Å². The number of allylic oxidation sites excluding steroid dienone is 1. The van der Waals surface area contributed by atoms with E-state index in [0.29, 0.717) is 0 Å². The molecule has 0 atom stereocenters. The minimum absolute atomic E-state index is 0.932. The molecule has 0 aliphatic heterocycles. The minimum Gasteiger partial charge on any atom is -0.456 e. The Morgan fingerprint density at radius 3 is 2.00 bits per heavy atom. The first-order chi connectivity index (χ1) is 17.7. The summed E-state index contributed by atoms with van der Waals surface area (Å²) < 4.78 is 6.35. The zero-order valence-corrected chi connectivity index (χ0v) is 20.4. The summed E-state index contributed by atoms with van der Waals surface area (Å²) in [6, 6.07) is 33.2. The summed E-state index contributed by atoms with van der Waals surface area (Å²) in [7, 11) is 0. The third kappa shape index (κ3) is 2.66. The molecule has 0 radical (unpaired) electrons. The van der Waals surface area contributed by atoms with Gasteiger partial charge in [-0.15, -0.1) is 0 Å². The fourth-order valence-electron chi connectivity index (χ4n) is 6.38. The molecule has 36 heavy (non-hydrogen) atoms. The number of hydrogen-bond acceptors (Lipinski definition) is 1. The molecule has 0 spiro atoms. The van der Waals surface area contributed by atoms with Crippen LogP contribution in [0.3, 0.4) is 0 Å². The van der Waals surface area contributed by atoms with Crippen molar-refractivity contribution in [3.8, 4) is 11.3 Å². The van der Waals surface area contributed by atoms with Gasteiger partial charge in [0, 0.05) is 10.9 Å². The molecular weight excluding hydrogens is 436 g/mol. The first-order valence-electron chi connectivity index (χ1n) is 12.7. The first kappa shape index (κ1) is 19.9. The van der Waals surface area contributed by atoms with Gasteiger partial charge >= 0.3 is 0 Å². The van der Waals surface area contributed by atoms with Crippen molar-refractivity contribution < 1.29 is 4.42 Å². The Labute approximate surface area is 209 Å². The van der Waals surface area contributed by atoms with Crippen molar-refractivity contribution in [3.05, 3.63) is 119 Å². The van der Waals surface area contributed by atoms with Crippen molar-refractivity contribution in [2.24, 2.45) is 0 Å². The van der Waals surface area contributed by atoms with Crippen molar-refractivity contribution in [2.75, 3.05) is 0 Å². The van der Waals surface area contributed by atoms with Crippen molar-refractivity contribution in [1.82, 2.24) is 0 Å². The molecule has 0 bridgehead atoms. The number of fused-ring (bicyclic) bond motifs is 2. The smallest absolute Gasteiger partial charge is 0.136 e.